The van der Waals surface area contributed by atoms with Crippen LogP contribution < -0.4 is 4.90 Å². The number of fused-ring (bicyclic) bond motifs is 9. The number of hydrogen-bond donors (Lipinski definition) is 0. The summed E-state index contributed by atoms with van der Waals surface area (Å²) >= 11 is 0. The van der Waals surface area contributed by atoms with E-state index in [4.69, 9.17) is 0 Å². The van der Waals surface area contributed by atoms with Crippen LogP contribution in [0.5, 0.6) is 0 Å². The highest BCUT2D eigenvalue weighted by Crippen LogP contribution is 2.45. The van der Waals surface area contributed by atoms with E-state index < -0.39 is 0 Å². The zero-order valence-corrected chi connectivity index (χ0v) is 29.5. The minimum absolute atomic E-state index is 1.11. The monoisotopic (exact) mass is 686 g/mol. The summed E-state index contributed by atoms with van der Waals surface area (Å²) < 4.78 is 2.43. The molecule has 252 valence electrons. The summed E-state index contributed by atoms with van der Waals surface area (Å²) in [6.45, 7) is 0. The van der Waals surface area contributed by atoms with Gasteiger partial charge in [-0.05, 0) is 109 Å². The van der Waals surface area contributed by atoms with Gasteiger partial charge in [-0.3, -0.25) is 0 Å². The molecule has 1 aromatic heterocycles. The van der Waals surface area contributed by atoms with E-state index in [-0.39, 0.29) is 0 Å². The van der Waals surface area contributed by atoms with Crippen LogP contribution in [0.25, 0.3) is 81.7 Å². The van der Waals surface area contributed by atoms with Gasteiger partial charge < -0.3 is 9.47 Å². The minimum Gasteiger partial charge on any atom is -0.308 e. The second-order valence-corrected chi connectivity index (χ2v) is 14.2. The van der Waals surface area contributed by atoms with Crippen LogP contribution in [0, 0.1) is 0 Å². The second kappa shape index (κ2) is 12.2. The predicted molar refractivity (Wildman–Crippen MR) is 231 cm³/mol. The van der Waals surface area contributed by atoms with Crippen LogP contribution in [0.4, 0.5) is 17.1 Å². The van der Waals surface area contributed by atoms with Crippen LogP contribution in [0.3, 0.4) is 0 Å². The average molecular weight is 687 g/mol. The molecule has 0 radical (unpaired) electrons. The summed E-state index contributed by atoms with van der Waals surface area (Å²) in [5.41, 5.74) is 9.29. The molecule has 0 aliphatic heterocycles. The Morgan fingerprint density at radius 3 is 1.74 bits per heavy atom. The third kappa shape index (κ3) is 4.81. The summed E-state index contributed by atoms with van der Waals surface area (Å²) in [5.74, 6) is 0. The lowest BCUT2D eigenvalue weighted by Gasteiger charge is -2.28. The van der Waals surface area contributed by atoms with Crippen molar-refractivity contribution in [3.05, 3.63) is 206 Å². The predicted octanol–water partition coefficient (Wildman–Crippen LogP) is 14.5. The highest BCUT2D eigenvalue weighted by Gasteiger charge is 2.22. The number of aromatic nitrogens is 1. The SMILES string of the molecule is c1ccc(-c2ccc3cc(N(c4ccc5ccc6c7ccccc7ccc6c5c4)c4cccc5c6ccccc6n(-c6ccccc6)c45)ccc3c2)cc1. The number of para-hydroxylation sites is 3. The largest absolute Gasteiger partial charge is 0.308 e. The third-order valence-corrected chi connectivity index (χ3v) is 11.1. The molecule has 0 amide bonds. The number of hydrogen-bond acceptors (Lipinski definition) is 1. The van der Waals surface area contributed by atoms with Crippen molar-refractivity contribution >= 4 is 82.0 Å². The Morgan fingerprint density at radius 1 is 0.315 bits per heavy atom. The van der Waals surface area contributed by atoms with Crippen molar-refractivity contribution in [2.45, 2.75) is 0 Å². The Balaban J connectivity index is 1.20. The average Bonchev–Trinajstić information content (AvgIpc) is 3.59. The fraction of sp³-hybridized carbons (Fsp3) is 0. The summed E-state index contributed by atoms with van der Waals surface area (Å²) in [6.07, 6.45) is 0. The fourth-order valence-corrected chi connectivity index (χ4v) is 8.58. The number of benzene rings is 10. The molecule has 0 N–H and O–H groups in total. The van der Waals surface area contributed by atoms with Gasteiger partial charge in [0.25, 0.3) is 0 Å². The van der Waals surface area contributed by atoms with Crippen LogP contribution in [0.1, 0.15) is 0 Å². The molecule has 10 aromatic carbocycles. The summed E-state index contributed by atoms with van der Waals surface area (Å²) in [6, 6.07) is 75.4. The van der Waals surface area contributed by atoms with E-state index in [0.29, 0.717) is 0 Å². The standard InChI is InChI=1S/C52H34N2/c1-3-12-35(13-4-1)38-22-23-40-33-42(29-25-39(40)32-38)53(43-28-24-37-27-30-45-44-17-8-7-14-36(44)26-31-46(45)49(37)34-43)51-21-11-19-48-47-18-9-10-20-50(47)54(52(48)51)41-15-5-2-6-16-41/h1-34H. The van der Waals surface area contributed by atoms with E-state index in [1.54, 1.807) is 0 Å². The molecular formula is C52H34N2. The zero-order chi connectivity index (χ0) is 35.6. The number of anilines is 3. The lowest BCUT2D eigenvalue weighted by molar-refractivity contribution is 1.17. The lowest BCUT2D eigenvalue weighted by Crippen LogP contribution is -2.11. The molecule has 0 saturated carbocycles. The molecule has 1 heterocycles. The maximum absolute atomic E-state index is 2.46. The van der Waals surface area contributed by atoms with Crippen molar-refractivity contribution in [1.82, 2.24) is 4.57 Å². The fourth-order valence-electron chi connectivity index (χ4n) is 8.58. The summed E-state index contributed by atoms with van der Waals surface area (Å²) in [5, 5.41) is 12.4. The third-order valence-electron chi connectivity index (χ3n) is 11.1. The molecule has 11 aromatic rings. The van der Waals surface area contributed by atoms with Gasteiger partial charge >= 0.3 is 0 Å². The van der Waals surface area contributed by atoms with Gasteiger partial charge in [0.15, 0.2) is 0 Å². The molecule has 0 atom stereocenters. The first-order valence-corrected chi connectivity index (χ1v) is 18.6. The maximum atomic E-state index is 2.46. The molecule has 0 aliphatic carbocycles. The minimum atomic E-state index is 1.11. The van der Waals surface area contributed by atoms with E-state index in [1.165, 1.54) is 76.0 Å². The van der Waals surface area contributed by atoms with E-state index in [2.05, 4.69) is 216 Å². The molecule has 2 heteroatoms. The summed E-state index contributed by atoms with van der Waals surface area (Å²) in [7, 11) is 0. The van der Waals surface area contributed by atoms with Crippen molar-refractivity contribution < 1.29 is 0 Å². The molecule has 2 nitrogen and oxygen atoms in total. The Labute approximate surface area is 313 Å². The molecule has 0 bridgehead atoms. The maximum Gasteiger partial charge on any atom is 0.0782 e. The molecule has 0 spiro atoms. The second-order valence-electron chi connectivity index (χ2n) is 14.2. The normalized spacial score (nSPS) is 11.7. The first kappa shape index (κ1) is 30.5. The molecular weight excluding hydrogens is 653 g/mol. The molecule has 0 fully saturated rings. The smallest absolute Gasteiger partial charge is 0.0782 e. The van der Waals surface area contributed by atoms with Crippen molar-refractivity contribution in [1.29, 1.82) is 0 Å². The van der Waals surface area contributed by atoms with Gasteiger partial charge in [-0.1, -0.05) is 152 Å². The quantitative estimate of drug-likeness (QED) is 0.164. The van der Waals surface area contributed by atoms with Gasteiger partial charge in [0, 0.05) is 27.8 Å². The molecule has 11 rings (SSSR count). The topological polar surface area (TPSA) is 8.17 Å². The van der Waals surface area contributed by atoms with Gasteiger partial charge in [0.2, 0.25) is 0 Å². The van der Waals surface area contributed by atoms with E-state index in [1.807, 2.05) is 0 Å². The van der Waals surface area contributed by atoms with Gasteiger partial charge in [-0.2, -0.15) is 0 Å². The van der Waals surface area contributed by atoms with Crippen molar-refractivity contribution in [3.63, 3.8) is 0 Å². The van der Waals surface area contributed by atoms with Crippen molar-refractivity contribution in [3.8, 4) is 16.8 Å². The summed E-state index contributed by atoms with van der Waals surface area (Å²) in [4.78, 5) is 2.46. The number of rotatable bonds is 5. The Bertz CT molecular complexity index is 3210. The van der Waals surface area contributed by atoms with E-state index in [9.17, 15) is 0 Å². The van der Waals surface area contributed by atoms with Crippen LogP contribution in [-0.4, -0.2) is 4.57 Å². The van der Waals surface area contributed by atoms with Crippen LogP contribution in [-0.2, 0) is 0 Å². The first-order valence-electron chi connectivity index (χ1n) is 18.6. The van der Waals surface area contributed by atoms with Crippen LogP contribution >= 0.6 is 0 Å². The molecule has 54 heavy (non-hydrogen) atoms. The van der Waals surface area contributed by atoms with Crippen LogP contribution in [0.2, 0.25) is 0 Å². The van der Waals surface area contributed by atoms with Gasteiger partial charge in [0.05, 0.1) is 16.7 Å². The van der Waals surface area contributed by atoms with Crippen LogP contribution in [0.15, 0.2) is 206 Å². The first-order chi connectivity index (χ1) is 26.8. The van der Waals surface area contributed by atoms with Crippen molar-refractivity contribution in [2.75, 3.05) is 4.90 Å². The van der Waals surface area contributed by atoms with Gasteiger partial charge in [0.1, 0.15) is 0 Å². The molecule has 0 unspecified atom stereocenters. The van der Waals surface area contributed by atoms with Gasteiger partial charge in [-0.15, -0.1) is 0 Å². The van der Waals surface area contributed by atoms with Gasteiger partial charge in [-0.25, -0.2) is 0 Å². The van der Waals surface area contributed by atoms with E-state index >= 15 is 0 Å². The van der Waals surface area contributed by atoms with Crippen molar-refractivity contribution in [2.24, 2.45) is 0 Å². The molecule has 0 aliphatic rings. The zero-order valence-electron chi connectivity index (χ0n) is 29.5. The number of nitrogens with zero attached hydrogens (tertiary/aromatic N) is 2. The Kier molecular flexibility index (Phi) is 6.90. The Hall–Kier alpha value is -7.16. The van der Waals surface area contributed by atoms with E-state index in [0.717, 1.165) is 22.7 Å². The lowest BCUT2D eigenvalue weighted by atomic mass is 9.96. The highest BCUT2D eigenvalue weighted by atomic mass is 15.2. The Morgan fingerprint density at radius 2 is 0.907 bits per heavy atom. The molecule has 0 saturated heterocycles. The highest BCUT2D eigenvalue weighted by molar-refractivity contribution is 6.19.